The van der Waals surface area contributed by atoms with E-state index in [2.05, 4.69) is 235 Å². The summed E-state index contributed by atoms with van der Waals surface area (Å²) in [4.78, 5) is 16.7. The van der Waals surface area contributed by atoms with Gasteiger partial charge in [0.25, 0.3) is 0 Å². The van der Waals surface area contributed by atoms with Gasteiger partial charge in [0, 0.05) is 49.0 Å². The fraction of sp³-hybridized carbons (Fsp3) is 0.0500. The molecule has 0 aliphatic heterocycles. The summed E-state index contributed by atoms with van der Waals surface area (Å²) in [6.07, 6.45) is 0. The highest BCUT2D eigenvalue weighted by atomic mass is 15.1. The second kappa shape index (κ2) is 14.7. The molecule has 0 radical (unpaired) electrons. The second-order valence-corrected chi connectivity index (χ2v) is 17.5. The van der Waals surface area contributed by atoms with E-state index in [0.717, 1.165) is 83.5 Å². The Morgan fingerprint density at radius 2 is 0.470 bits per heavy atom. The zero-order valence-electron chi connectivity index (χ0n) is 36.7. The van der Waals surface area contributed by atoms with Crippen molar-refractivity contribution in [2.75, 3.05) is 0 Å². The lowest BCUT2D eigenvalue weighted by molar-refractivity contribution is 1.05. The maximum Gasteiger partial charge on any atom is 0.166 e. The fourth-order valence-corrected chi connectivity index (χ4v) is 10.3. The lowest BCUT2D eigenvalue weighted by Gasteiger charge is -2.18. The van der Waals surface area contributed by atoms with Crippen molar-refractivity contribution < 1.29 is 0 Å². The number of aryl methyl sites for hydroxylation is 3. The lowest BCUT2D eigenvalue weighted by Crippen LogP contribution is -2.07. The SMILES string of the molecule is Cc1ccc(-c2nc(-c3ccc(C)cc3-n3c4ccccc4c4ccccc43)nc(-c3ccc(C)cc3-n3c4ccccc4c4ccccc43)n2)c(-n2c3ccccc3c3ccccc32)c1. The van der Waals surface area contributed by atoms with Crippen LogP contribution in [0.15, 0.2) is 200 Å². The minimum absolute atomic E-state index is 0.592. The number of para-hydroxylation sites is 6. The number of hydrogen-bond acceptors (Lipinski definition) is 3. The summed E-state index contributed by atoms with van der Waals surface area (Å²) >= 11 is 0. The van der Waals surface area contributed by atoms with Gasteiger partial charge in [-0.3, -0.25) is 0 Å². The molecule has 0 aliphatic rings. The summed E-state index contributed by atoms with van der Waals surface area (Å²) in [6, 6.07) is 71.8. The molecule has 6 nitrogen and oxygen atoms in total. The third-order valence-corrected chi connectivity index (χ3v) is 13.3. The van der Waals surface area contributed by atoms with Crippen LogP contribution in [-0.2, 0) is 0 Å². The van der Waals surface area contributed by atoms with E-state index < -0.39 is 0 Å². The average Bonchev–Trinajstić information content (AvgIpc) is 4.00. The standard InChI is InChI=1S/C60H42N6/c1-37-28-31-46(55(34-37)64-49-22-10-4-16-40(49)41-17-5-11-23-50(41)64)58-61-59(47-32-29-38(2)35-56(47)65-51-24-12-6-18-42(51)43-19-7-13-25-52(43)65)63-60(62-58)48-33-30-39(3)36-57(48)66-53-26-14-8-20-44(53)45-21-9-15-27-54(45)66/h4-36H,1-3H3. The van der Waals surface area contributed by atoms with E-state index >= 15 is 0 Å². The van der Waals surface area contributed by atoms with Crippen LogP contribution in [0, 0.1) is 20.8 Å². The van der Waals surface area contributed by atoms with Gasteiger partial charge in [0.15, 0.2) is 17.5 Å². The predicted molar refractivity (Wildman–Crippen MR) is 273 cm³/mol. The van der Waals surface area contributed by atoms with Crippen LogP contribution in [0.3, 0.4) is 0 Å². The molecule has 312 valence electrons. The highest BCUT2D eigenvalue weighted by Crippen LogP contribution is 2.41. The molecule has 0 amide bonds. The first-order valence-electron chi connectivity index (χ1n) is 22.5. The molecule has 0 aliphatic carbocycles. The van der Waals surface area contributed by atoms with Gasteiger partial charge >= 0.3 is 0 Å². The number of fused-ring (bicyclic) bond motifs is 9. The summed E-state index contributed by atoms with van der Waals surface area (Å²) in [5.41, 5.74) is 15.9. The Morgan fingerprint density at radius 3 is 0.697 bits per heavy atom. The zero-order chi connectivity index (χ0) is 44.0. The number of hydrogen-bond donors (Lipinski definition) is 0. The summed E-state index contributed by atoms with van der Waals surface area (Å²) in [7, 11) is 0. The Morgan fingerprint density at radius 1 is 0.258 bits per heavy atom. The average molecular weight is 847 g/mol. The maximum atomic E-state index is 5.57. The molecule has 0 fully saturated rings. The fourth-order valence-electron chi connectivity index (χ4n) is 10.3. The van der Waals surface area contributed by atoms with Crippen LogP contribution >= 0.6 is 0 Å². The molecule has 4 heterocycles. The highest BCUT2D eigenvalue weighted by Gasteiger charge is 2.24. The Labute approximate surface area is 381 Å². The van der Waals surface area contributed by atoms with Crippen LogP contribution in [0.25, 0.3) is 117 Å². The van der Waals surface area contributed by atoms with Gasteiger partial charge in [0.05, 0.1) is 50.2 Å². The van der Waals surface area contributed by atoms with Crippen LogP contribution < -0.4 is 0 Å². The van der Waals surface area contributed by atoms with Gasteiger partial charge < -0.3 is 13.7 Å². The molecule has 0 saturated heterocycles. The number of nitrogens with zero attached hydrogens (tertiary/aromatic N) is 6. The van der Waals surface area contributed by atoms with Gasteiger partial charge in [-0.15, -0.1) is 0 Å². The van der Waals surface area contributed by atoms with Crippen molar-refractivity contribution in [1.82, 2.24) is 28.7 Å². The summed E-state index contributed by atoms with van der Waals surface area (Å²) in [6.45, 7) is 6.46. The van der Waals surface area contributed by atoms with Gasteiger partial charge in [-0.05, 0) is 110 Å². The molecule has 0 saturated carbocycles. The third kappa shape index (κ3) is 5.78. The van der Waals surface area contributed by atoms with Crippen molar-refractivity contribution in [2.24, 2.45) is 0 Å². The van der Waals surface area contributed by atoms with Gasteiger partial charge in [-0.25, -0.2) is 15.0 Å². The van der Waals surface area contributed by atoms with Crippen molar-refractivity contribution in [2.45, 2.75) is 20.8 Å². The van der Waals surface area contributed by atoms with Crippen LogP contribution in [0.5, 0.6) is 0 Å². The number of aromatic nitrogens is 6. The predicted octanol–water partition coefficient (Wildman–Crippen LogP) is 15.1. The maximum absolute atomic E-state index is 5.57. The van der Waals surface area contributed by atoms with Crippen molar-refractivity contribution in [3.05, 3.63) is 217 Å². The highest BCUT2D eigenvalue weighted by molar-refractivity contribution is 6.12. The molecule has 4 aromatic heterocycles. The molecule has 0 bridgehead atoms. The number of rotatable bonds is 6. The second-order valence-electron chi connectivity index (χ2n) is 17.5. The van der Waals surface area contributed by atoms with Crippen molar-refractivity contribution in [3.63, 3.8) is 0 Å². The van der Waals surface area contributed by atoms with Crippen LogP contribution in [0.1, 0.15) is 16.7 Å². The van der Waals surface area contributed by atoms with Gasteiger partial charge in [-0.1, -0.05) is 127 Å². The molecular formula is C60H42N6. The Bertz CT molecular complexity index is 3510. The molecule has 66 heavy (non-hydrogen) atoms. The lowest BCUT2D eigenvalue weighted by atomic mass is 10.1. The van der Waals surface area contributed by atoms with E-state index in [1.165, 1.54) is 32.3 Å². The Hall–Kier alpha value is -8.61. The van der Waals surface area contributed by atoms with Gasteiger partial charge in [0.1, 0.15) is 0 Å². The Kier molecular flexibility index (Phi) is 8.46. The first kappa shape index (κ1) is 37.9. The largest absolute Gasteiger partial charge is 0.308 e. The Balaban J connectivity index is 1.14. The quantitative estimate of drug-likeness (QED) is 0.167. The molecule has 13 rings (SSSR count). The van der Waals surface area contributed by atoms with Crippen molar-refractivity contribution >= 4 is 65.4 Å². The van der Waals surface area contributed by atoms with Crippen molar-refractivity contribution in [3.8, 4) is 51.2 Å². The van der Waals surface area contributed by atoms with Crippen LogP contribution in [0.4, 0.5) is 0 Å². The molecule has 0 unspecified atom stereocenters. The van der Waals surface area contributed by atoms with Crippen LogP contribution in [-0.4, -0.2) is 28.7 Å². The summed E-state index contributed by atoms with van der Waals surface area (Å²) in [5, 5.41) is 7.19. The van der Waals surface area contributed by atoms with E-state index in [0.29, 0.717) is 17.5 Å². The smallest absolute Gasteiger partial charge is 0.166 e. The van der Waals surface area contributed by atoms with Gasteiger partial charge in [-0.2, -0.15) is 0 Å². The first-order chi connectivity index (χ1) is 32.5. The van der Waals surface area contributed by atoms with E-state index in [9.17, 15) is 0 Å². The molecule has 6 heteroatoms. The third-order valence-electron chi connectivity index (χ3n) is 13.3. The minimum Gasteiger partial charge on any atom is -0.308 e. The van der Waals surface area contributed by atoms with Gasteiger partial charge in [0.2, 0.25) is 0 Å². The van der Waals surface area contributed by atoms with E-state index in [-0.39, 0.29) is 0 Å². The first-order valence-corrected chi connectivity index (χ1v) is 22.5. The normalized spacial score (nSPS) is 11.9. The monoisotopic (exact) mass is 846 g/mol. The van der Waals surface area contributed by atoms with E-state index in [1.807, 2.05) is 0 Å². The molecular weight excluding hydrogens is 805 g/mol. The minimum atomic E-state index is 0.592. The number of benzene rings is 9. The molecule has 0 spiro atoms. The van der Waals surface area contributed by atoms with E-state index in [1.54, 1.807) is 0 Å². The molecule has 9 aromatic carbocycles. The summed E-state index contributed by atoms with van der Waals surface area (Å²) < 4.78 is 7.13. The zero-order valence-corrected chi connectivity index (χ0v) is 36.7. The van der Waals surface area contributed by atoms with E-state index in [4.69, 9.17) is 15.0 Å². The topological polar surface area (TPSA) is 53.5 Å². The van der Waals surface area contributed by atoms with Crippen molar-refractivity contribution in [1.29, 1.82) is 0 Å². The molecule has 0 atom stereocenters. The molecule has 0 N–H and O–H groups in total. The summed E-state index contributed by atoms with van der Waals surface area (Å²) in [5.74, 6) is 1.78. The van der Waals surface area contributed by atoms with Crippen LogP contribution in [0.2, 0.25) is 0 Å². The molecule has 13 aromatic rings.